The maximum Gasteiger partial charge on any atom is -0.0334 e. The lowest BCUT2D eigenvalue weighted by Gasteiger charge is -2.47. The van der Waals surface area contributed by atoms with Crippen LogP contribution < -0.4 is 0 Å². The zero-order valence-corrected chi connectivity index (χ0v) is 12.3. The van der Waals surface area contributed by atoms with Crippen LogP contribution in [0.2, 0.25) is 0 Å². The molecule has 0 spiro atoms. The number of hydrogen-bond donors (Lipinski definition) is 0. The Hall–Kier alpha value is -0.260. The summed E-state index contributed by atoms with van der Waals surface area (Å²) in [6, 6.07) is 0. The van der Waals surface area contributed by atoms with Crippen LogP contribution in [0.1, 0.15) is 72.1 Å². The van der Waals surface area contributed by atoms with Gasteiger partial charge in [0.05, 0.1) is 0 Å². The molecule has 0 aromatic heterocycles. The molecule has 1 fully saturated rings. The minimum Gasteiger partial charge on any atom is -0.103 e. The largest absolute Gasteiger partial charge is 0.103 e. The Morgan fingerprint density at radius 3 is 2.41 bits per heavy atom. The van der Waals surface area contributed by atoms with Gasteiger partial charge in [-0.05, 0) is 42.9 Å². The fourth-order valence-corrected chi connectivity index (χ4v) is 3.78. The Balaban J connectivity index is 2.09. The molecule has 0 aromatic rings. The van der Waals surface area contributed by atoms with E-state index in [0.717, 1.165) is 23.7 Å². The summed E-state index contributed by atoms with van der Waals surface area (Å²) >= 11 is 0. The molecule has 0 bridgehead atoms. The summed E-state index contributed by atoms with van der Waals surface area (Å²) in [7, 11) is 0. The van der Waals surface area contributed by atoms with Crippen molar-refractivity contribution >= 4 is 0 Å². The van der Waals surface area contributed by atoms with E-state index in [9.17, 15) is 0 Å². The van der Waals surface area contributed by atoms with E-state index in [1.807, 2.05) is 6.08 Å². The molecule has 1 saturated carbocycles. The van der Waals surface area contributed by atoms with Crippen molar-refractivity contribution in [2.24, 2.45) is 23.7 Å². The third kappa shape index (κ3) is 4.48. The standard InChI is InChI=1S/C17H32/c1-5-7-8-9-10-11-12-16-13-15(6-2)17(16)14(3)4/h5,14-17H,1,6-13H2,2-4H3. The highest BCUT2D eigenvalue weighted by Crippen LogP contribution is 2.48. The van der Waals surface area contributed by atoms with E-state index in [2.05, 4.69) is 27.4 Å². The normalized spacial score (nSPS) is 28.1. The molecule has 0 aliphatic heterocycles. The molecule has 17 heavy (non-hydrogen) atoms. The molecular formula is C17H32. The fourth-order valence-electron chi connectivity index (χ4n) is 3.78. The topological polar surface area (TPSA) is 0 Å². The van der Waals surface area contributed by atoms with Crippen LogP contribution >= 0.6 is 0 Å². The monoisotopic (exact) mass is 236 g/mol. The summed E-state index contributed by atoms with van der Waals surface area (Å²) in [5.41, 5.74) is 0. The van der Waals surface area contributed by atoms with Crippen LogP contribution in [0.3, 0.4) is 0 Å². The van der Waals surface area contributed by atoms with E-state index in [1.165, 1.54) is 51.4 Å². The molecule has 0 N–H and O–H groups in total. The van der Waals surface area contributed by atoms with Crippen LogP contribution in [0.4, 0.5) is 0 Å². The van der Waals surface area contributed by atoms with Gasteiger partial charge in [-0.15, -0.1) is 6.58 Å². The highest BCUT2D eigenvalue weighted by Gasteiger charge is 2.40. The number of hydrogen-bond acceptors (Lipinski definition) is 0. The van der Waals surface area contributed by atoms with Gasteiger partial charge in [-0.2, -0.15) is 0 Å². The van der Waals surface area contributed by atoms with Crippen LogP contribution in [-0.4, -0.2) is 0 Å². The SMILES string of the molecule is C=CCCCCCCC1CC(CC)C1C(C)C. The molecule has 0 heterocycles. The Morgan fingerprint density at radius 2 is 1.82 bits per heavy atom. The summed E-state index contributed by atoms with van der Waals surface area (Å²) in [5.74, 6) is 4.03. The molecule has 1 aliphatic rings. The van der Waals surface area contributed by atoms with Crippen molar-refractivity contribution in [1.82, 2.24) is 0 Å². The first-order valence-corrected chi connectivity index (χ1v) is 7.81. The second kappa shape index (κ2) is 7.95. The van der Waals surface area contributed by atoms with Gasteiger partial charge in [0.2, 0.25) is 0 Å². The van der Waals surface area contributed by atoms with E-state index >= 15 is 0 Å². The first-order valence-electron chi connectivity index (χ1n) is 7.81. The van der Waals surface area contributed by atoms with Gasteiger partial charge in [0.15, 0.2) is 0 Å². The lowest BCUT2D eigenvalue weighted by Crippen LogP contribution is -2.39. The van der Waals surface area contributed by atoms with Crippen LogP contribution in [0.15, 0.2) is 12.7 Å². The predicted molar refractivity (Wildman–Crippen MR) is 78.1 cm³/mol. The molecule has 0 saturated heterocycles. The van der Waals surface area contributed by atoms with E-state index in [0.29, 0.717) is 0 Å². The third-order valence-electron chi connectivity index (χ3n) is 4.72. The molecule has 0 radical (unpaired) electrons. The Bertz CT molecular complexity index is 204. The third-order valence-corrected chi connectivity index (χ3v) is 4.72. The minimum atomic E-state index is 0.902. The molecule has 0 aromatic carbocycles. The molecule has 0 amide bonds. The van der Waals surface area contributed by atoms with E-state index < -0.39 is 0 Å². The zero-order valence-electron chi connectivity index (χ0n) is 12.3. The number of unbranched alkanes of at least 4 members (excludes halogenated alkanes) is 4. The maximum absolute atomic E-state index is 3.78. The van der Waals surface area contributed by atoms with Crippen LogP contribution in [0.25, 0.3) is 0 Å². The highest BCUT2D eigenvalue weighted by atomic mass is 14.5. The van der Waals surface area contributed by atoms with Crippen molar-refractivity contribution in [2.75, 3.05) is 0 Å². The second-order valence-corrected chi connectivity index (χ2v) is 6.27. The molecule has 3 atom stereocenters. The van der Waals surface area contributed by atoms with Gasteiger partial charge >= 0.3 is 0 Å². The average Bonchev–Trinajstić information content (AvgIpc) is 2.25. The van der Waals surface area contributed by atoms with Gasteiger partial charge in [0.1, 0.15) is 0 Å². The lowest BCUT2D eigenvalue weighted by molar-refractivity contribution is 0.0205. The summed E-state index contributed by atoms with van der Waals surface area (Å²) in [6.07, 6.45) is 13.3. The second-order valence-electron chi connectivity index (χ2n) is 6.27. The average molecular weight is 236 g/mol. The lowest BCUT2D eigenvalue weighted by atomic mass is 9.58. The van der Waals surface area contributed by atoms with Crippen molar-refractivity contribution < 1.29 is 0 Å². The Labute approximate surface area is 109 Å². The van der Waals surface area contributed by atoms with E-state index in [1.54, 1.807) is 0 Å². The predicted octanol–water partition coefficient (Wildman–Crippen LogP) is 5.83. The van der Waals surface area contributed by atoms with Crippen molar-refractivity contribution in [3.05, 3.63) is 12.7 Å². The molecule has 0 nitrogen and oxygen atoms in total. The van der Waals surface area contributed by atoms with Gasteiger partial charge in [0.25, 0.3) is 0 Å². The molecule has 1 rings (SSSR count). The van der Waals surface area contributed by atoms with Gasteiger partial charge in [0, 0.05) is 0 Å². The minimum absolute atomic E-state index is 0.902. The summed E-state index contributed by atoms with van der Waals surface area (Å²) in [5, 5.41) is 0. The van der Waals surface area contributed by atoms with Crippen LogP contribution in [-0.2, 0) is 0 Å². The van der Waals surface area contributed by atoms with Gasteiger partial charge in [-0.25, -0.2) is 0 Å². The highest BCUT2D eigenvalue weighted by molar-refractivity contribution is 4.89. The van der Waals surface area contributed by atoms with Crippen molar-refractivity contribution in [3.63, 3.8) is 0 Å². The Morgan fingerprint density at radius 1 is 1.12 bits per heavy atom. The number of allylic oxidation sites excluding steroid dienone is 1. The van der Waals surface area contributed by atoms with Crippen LogP contribution in [0.5, 0.6) is 0 Å². The summed E-state index contributed by atoms with van der Waals surface area (Å²) in [6.45, 7) is 11.0. The summed E-state index contributed by atoms with van der Waals surface area (Å²) in [4.78, 5) is 0. The first kappa shape index (κ1) is 14.8. The molecule has 100 valence electrons. The quantitative estimate of drug-likeness (QED) is 0.349. The zero-order chi connectivity index (χ0) is 12.7. The van der Waals surface area contributed by atoms with E-state index in [-0.39, 0.29) is 0 Å². The van der Waals surface area contributed by atoms with Crippen molar-refractivity contribution in [1.29, 1.82) is 0 Å². The van der Waals surface area contributed by atoms with Gasteiger partial charge in [-0.3, -0.25) is 0 Å². The van der Waals surface area contributed by atoms with Crippen molar-refractivity contribution in [3.8, 4) is 0 Å². The van der Waals surface area contributed by atoms with Crippen molar-refractivity contribution in [2.45, 2.75) is 72.1 Å². The smallest absolute Gasteiger partial charge is 0.0334 e. The fraction of sp³-hybridized carbons (Fsp3) is 0.882. The molecule has 3 unspecified atom stereocenters. The van der Waals surface area contributed by atoms with Gasteiger partial charge in [-0.1, -0.05) is 59.0 Å². The number of rotatable bonds is 9. The Kier molecular flexibility index (Phi) is 6.92. The summed E-state index contributed by atoms with van der Waals surface area (Å²) < 4.78 is 0. The van der Waals surface area contributed by atoms with E-state index in [4.69, 9.17) is 0 Å². The maximum atomic E-state index is 3.78. The van der Waals surface area contributed by atoms with Gasteiger partial charge < -0.3 is 0 Å². The molecule has 1 aliphatic carbocycles. The first-order chi connectivity index (χ1) is 8.20. The molecule has 0 heteroatoms. The molecular weight excluding hydrogens is 204 g/mol. The van der Waals surface area contributed by atoms with Crippen LogP contribution in [0, 0.1) is 23.7 Å².